The number of alkyl halides is 2. The molecule has 1 aliphatic heterocycles. The fourth-order valence-corrected chi connectivity index (χ4v) is 7.69. The molecule has 0 aromatic rings. The summed E-state index contributed by atoms with van der Waals surface area (Å²) in [5.74, 6) is -3.78. The van der Waals surface area contributed by atoms with Crippen molar-refractivity contribution in [1.29, 1.82) is 0 Å². The largest absolute Gasteiger partial charge is 0.465 e. The molecule has 32 heavy (non-hydrogen) atoms. The Bertz CT molecular complexity index is 995. The topological polar surface area (TPSA) is 150 Å². The average Bonchev–Trinajstić information content (AvgIpc) is 3.31. The highest BCUT2D eigenvalue weighted by Crippen LogP contribution is 2.55. The van der Waals surface area contributed by atoms with Gasteiger partial charge in [-0.2, -0.15) is 25.6 Å². The van der Waals surface area contributed by atoms with Gasteiger partial charge < -0.3 is 9.47 Å². The highest BCUT2D eigenvalue weighted by molar-refractivity contribution is 7.87. The van der Waals surface area contributed by atoms with Crippen LogP contribution in [0.2, 0.25) is 0 Å². The molecule has 1 heterocycles. The van der Waals surface area contributed by atoms with Gasteiger partial charge in [0.2, 0.25) is 0 Å². The van der Waals surface area contributed by atoms with Crippen LogP contribution >= 0.6 is 0 Å². The van der Waals surface area contributed by atoms with Gasteiger partial charge in [-0.05, 0) is 25.7 Å². The minimum Gasteiger partial charge on any atom is -0.465 e. The average molecular weight is 503 g/mol. The number of carbonyl (C=O) groups excluding carboxylic acids is 2. The third kappa shape index (κ3) is 4.14. The summed E-state index contributed by atoms with van der Waals surface area (Å²) in [6.07, 6.45) is -0.0869. The zero-order valence-corrected chi connectivity index (χ0v) is 18.5. The van der Waals surface area contributed by atoms with E-state index in [1.807, 2.05) is 0 Å². The smallest absolute Gasteiger partial charge is 0.373 e. The van der Waals surface area contributed by atoms with E-state index in [-0.39, 0.29) is 18.3 Å². The van der Waals surface area contributed by atoms with E-state index in [4.69, 9.17) is 18.2 Å². The molecular formula is C18H24F2O10S2. The van der Waals surface area contributed by atoms with E-state index in [1.165, 1.54) is 0 Å². The first kappa shape index (κ1) is 23.8. The maximum Gasteiger partial charge on any atom is 0.373 e. The number of hydrogen-bond donors (Lipinski definition) is 1. The molecule has 4 rings (SSSR count). The Morgan fingerprint density at radius 3 is 2.34 bits per heavy atom. The molecular weight excluding hydrogens is 478 g/mol. The van der Waals surface area contributed by atoms with Crippen molar-refractivity contribution in [1.82, 2.24) is 0 Å². The lowest BCUT2D eigenvalue weighted by molar-refractivity contribution is -0.171. The molecule has 7 atom stereocenters. The van der Waals surface area contributed by atoms with Crippen LogP contribution in [0.25, 0.3) is 0 Å². The summed E-state index contributed by atoms with van der Waals surface area (Å²) in [7, 11) is -9.30. The van der Waals surface area contributed by atoms with E-state index < -0.39 is 79.8 Å². The second-order valence-electron chi connectivity index (χ2n) is 8.92. The standard InChI is InChI=1S/C18H24F2O10S2/c19-18(20,32(25,26)27)5-6-28-16(21)10-3-1-2-4-11(10)17(22)29-14-9-7-12-13(8-9)31(23,24)30-15(12)14/h9-15H,1-8H2,(H,25,26,27). The molecule has 3 aliphatic carbocycles. The molecule has 1 N–H and O–H groups in total. The van der Waals surface area contributed by atoms with Gasteiger partial charge in [0, 0.05) is 11.8 Å². The molecule has 7 unspecified atom stereocenters. The van der Waals surface area contributed by atoms with Gasteiger partial charge in [0.15, 0.2) is 0 Å². The zero-order chi connectivity index (χ0) is 23.5. The maximum atomic E-state index is 13.3. The predicted molar refractivity (Wildman–Crippen MR) is 101 cm³/mol. The Kier molecular flexibility index (Phi) is 6.04. The number of esters is 2. The summed E-state index contributed by atoms with van der Waals surface area (Å²) >= 11 is 0. The second kappa shape index (κ2) is 8.13. The molecule has 1 saturated heterocycles. The third-order valence-electron chi connectivity index (χ3n) is 7.05. The number of halogens is 2. The Balaban J connectivity index is 1.36. The van der Waals surface area contributed by atoms with E-state index in [1.54, 1.807) is 0 Å². The Labute approximate surface area is 183 Å². The number of fused-ring (bicyclic) bond motifs is 1. The quantitative estimate of drug-likeness (QED) is 0.306. The molecule has 4 fully saturated rings. The molecule has 182 valence electrons. The van der Waals surface area contributed by atoms with Crippen molar-refractivity contribution in [2.24, 2.45) is 23.7 Å². The highest BCUT2D eigenvalue weighted by Gasteiger charge is 2.65. The van der Waals surface area contributed by atoms with E-state index in [2.05, 4.69) is 0 Å². The van der Waals surface area contributed by atoms with E-state index in [9.17, 15) is 35.2 Å². The molecule has 4 aliphatic rings. The van der Waals surface area contributed by atoms with E-state index in [0.29, 0.717) is 32.1 Å². The second-order valence-corrected chi connectivity index (χ2v) is 12.2. The van der Waals surface area contributed by atoms with Crippen LogP contribution in [0.15, 0.2) is 0 Å². The van der Waals surface area contributed by atoms with Crippen LogP contribution in [0.4, 0.5) is 8.78 Å². The van der Waals surface area contributed by atoms with E-state index in [0.717, 1.165) is 0 Å². The van der Waals surface area contributed by atoms with Gasteiger partial charge in [-0.3, -0.25) is 18.3 Å². The molecule has 0 amide bonds. The first-order valence-corrected chi connectivity index (χ1v) is 13.4. The summed E-state index contributed by atoms with van der Waals surface area (Å²) in [6, 6.07) is 0. The van der Waals surface area contributed by atoms with Crippen LogP contribution in [0, 0.1) is 23.7 Å². The number of hydrogen-bond acceptors (Lipinski definition) is 9. The summed E-state index contributed by atoms with van der Waals surface area (Å²) in [6.45, 7) is -0.953. The molecule has 14 heteroatoms. The zero-order valence-electron chi connectivity index (χ0n) is 16.9. The Hall–Kier alpha value is -1.38. The summed E-state index contributed by atoms with van der Waals surface area (Å²) in [5, 5.41) is -5.02. The van der Waals surface area contributed by atoms with Gasteiger partial charge in [0.05, 0.1) is 30.1 Å². The molecule has 0 aromatic heterocycles. The van der Waals surface area contributed by atoms with Crippen molar-refractivity contribution in [3.05, 3.63) is 0 Å². The first-order valence-electron chi connectivity index (χ1n) is 10.5. The first-order chi connectivity index (χ1) is 14.8. The fourth-order valence-electron chi connectivity index (χ4n) is 5.47. The van der Waals surface area contributed by atoms with Crippen LogP contribution in [-0.2, 0) is 43.5 Å². The highest BCUT2D eigenvalue weighted by atomic mass is 32.2. The molecule has 3 saturated carbocycles. The minimum absolute atomic E-state index is 0.132. The molecule has 10 nitrogen and oxygen atoms in total. The number of ether oxygens (including phenoxy) is 2. The lowest BCUT2D eigenvalue weighted by Crippen LogP contribution is -2.42. The number of carbonyl (C=O) groups is 2. The summed E-state index contributed by atoms with van der Waals surface area (Å²) < 4.78 is 96.1. The Morgan fingerprint density at radius 1 is 1.09 bits per heavy atom. The van der Waals surface area contributed by atoms with Gasteiger partial charge in [0.25, 0.3) is 10.1 Å². The van der Waals surface area contributed by atoms with E-state index >= 15 is 0 Å². The van der Waals surface area contributed by atoms with Crippen molar-refractivity contribution in [2.45, 2.75) is 67.7 Å². The summed E-state index contributed by atoms with van der Waals surface area (Å²) in [4.78, 5) is 25.3. The summed E-state index contributed by atoms with van der Waals surface area (Å²) in [5.41, 5.74) is 0. The predicted octanol–water partition coefficient (Wildman–Crippen LogP) is 1.26. The fraction of sp³-hybridized carbons (Fsp3) is 0.889. The monoisotopic (exact) mass is 502 g/mol. The molecule has 0 aromatic carbocycles. The van der Waals surface area contributed by atoms with Crippen molar-refractivity contribution in [3.8, 4) is 0 Å². The minimum atomic E-state index is -5.63. The third-order valence-corrected chi connectivity index (χ3v) is 9.79. The molecule has 2 bridgehead atoms. The van der Waals surface area contributed by atoms with Crippen molar-refractivity contribution in [3.63, 3.8) is 0 Å². The maximum absolute atomic E-state index is 13.3. The van der Waals surface area contributed by atoms with Crippen molar-refractivity contribution in [2.75, 3.05) is 6.61 Å². The van der Waals surface area contributed by atoms with Gasteiger partial charge >= 0.3 is 27.3 Å². The number of rotatable bonds is 7. The van der Waals surface area contributed by atoms with Crippen LogP contribution in [-0.4, -0.2) is 62.6 Å². The van der Waals surface area contributed by atoms with Gasteiger partial charge in [-0.25, -0.2) is 0 Å². The lowest BCUT2D eigenvalue weighted by atomic mass is 9.79. The lowest BCUT2D eigenvalue weighted by Gasteiger charge is -2.31. The van der Waals surface area contributed by atoms with Crippen LogP contribution < -0.4 is 0 Å². The van der Waals surface area contributed by atoms with Crippen LogP contribution in [0.1, 0.15) is 44.9 Å². The van der Waals surface area contributed by atoms with Crippen LogP contribution in [0.5, 0.6) is 0 Å². The SMILES string of the molecule is O=C(OCCC(F)(F)S(=O)(=O)O)C1CCCCC1C(=O)OC1C2CC3C1OS(=O)(=O)C3C2. The van der Waals surface area contributed by atoms with Gasteiger partial charge in [0.1, 0.15) is 12.2 Å². The van der Waals surface area contributed by atoms with Crippen LogP contribution in [0.3, 0.4) is 0 Å². The van der Waals surface area contributed by atoms with Gasteiger partial charge in [-0.1, -0.05) is 12.8 Å². The molecule has 0 spiro atoms. The Morgan fingerprint density at radius 2 is 1.72 bits per heavy atom. The normalized spacial score (nSPS) is 37.9. The molecule has 0 radical (unpaired) electrons. The van der Waals surface area contributed by atoms with Gasteiger partial charge in [-0.15, -0.1) is 0 Å². The van der Waals surface area contributed by atoms with Crippen molar-refractivity contribution >= 4 is 32.2 Å². The van der Waals surface area contributed by atoms with Crippen molar-refractivity contribution < 1.29 is 53.4 Å².